The van der Waals surface area contributed by atoms with Crippen LogP contribution in [0.2, 0.25) is 0 Å². The van der Waals surface area contributed by atoms with E-state index in [0.717, 1.165) is 0 Å². The smallest absolute Gasteiger partial charge is 0.358 e. The summed E-state index contributed by atoms with van der Waals surface area (Å²) >= 11 is 0. The minimum Gasteiger partial charge on any atom is -0.358 e. The lowest BCUT2D eigenvalue weighted by molar-refractivity contribution is -0.329. The number of alkyl halides is 10. The van der Waals surface area contributed by atoms with Crippen LogP contribution in [-0.2, 0) is 4.74 Å². The molecule has 1 nitrogen and oxygen atoms in total. The van der Waals surface area contributed by atoms with Crippen LogP contribution in [0.4, 0.5) is 43.9 Å². The molecule has 11 heteroatoms. The molecule has 0 aromatic rings. The van der Waals surface area contributed by atoms with E-state index in [9.17, 15) is 43.9 Å². The summed E-state index contributed by atoms with van der Waals surface area (Å²) < 4.78 is 120. The average molecular weight is 282 g/mol. The van der Waals surface area contributed by atoms with Gasteiger partial charge in [0.05, 0.1) is 6.61 Å². The van der Waals surface area contributed by atoms with Gasteiger partial charge in [-0.1, -0.05) is 0 Å². The summed E-state index contributed by atoms with van der Waals surface area (Å²) in [5, 5.41) is 0. The van der Waals surface area contributed by atoms with E-state index in [2.05, 4.69) is 4.74 Å². The zero-order valence-electron chi connectivity index (χ0n) is 7.55. The summed E-state index contributed by atoms with van der Waals surface area (Å²) in [7, 11) is 0. The fourth-order valence-electron chi connectivity index (χ4n) is 0.650. The van der Waals surface area contributed by atoms with Gasteiger partial charge < -0.3 is 4.74 Å². The molecule has 0 heterocycles. The molecule has 0 fully saturated rings. The molecule has 0 aliphatic heterocycles. The van der Waals surface area contributed by atoms with Gasteiger partial charge in [-0.2, -0.15) is 39.5 Å². The molecule has 0 radical (unpaired) electrons. The van der Waals surface area contributed by atoms with Crippen LogP contribution in [0.3, 0.4) is 0 Å². The van der Waals surface area contributed by atoms with E-state index in [1.807, 2.05) is 0 Å². The SMILES string of the molecule is FC(COC(C(F)(F)F)C(F)(F)F)C(F)(F)F. The fourth-order valence-corrected chi connectivity index (χ4v) is 0.650. The molecule has 0 aromatic heterocycles. The van der Waals surface area contributed by atoms with Crippen molar-refractivity contribution in [1.29, 1.82) is 0 Å². The molecule has 0 aliphatic rings. The van der Waals surface area contributed by atoms with Crippen molar-refractivity contribution in [2.24, 2.45) is 0 Å². The van der Waals surface area contributed by atoms with Crippen molar-refractivity contribution in [2.45, 2.75) is 30.8 Å². The summed E-state index contributed by atoms with van der Waals surface area (Å²) in [6, 6.07) is 0. The summed E-state index contributed by atoms with van der Waals surface area (Å²) in [5.41, 5.74) is 0. The van der Waals surface area contributed by atoms with Crippen molar-refractivity contribution in [3.63, 3.8) is 0 Å². The third-order valence-electron chi connectivity index (χ3n) is 1.36. The number of ether oxygens (including phenoxy) is 1. The maximum Gasteiger partial charge on any atom is 0.423 e. The predicted molar refractivity (Wildman–Crippen MR) is 32.8 cm³/mol. The van der Waals surface area contributed by atoms with Crippen molar-refractivity contribution in [2.75, 3.05) is 6.61 Å². The van der Waals surface area contributed by atoms with Crippen molar-refractivity contribution in [3.8, 4) is 0 Å². The van der Waals surface area contributed by atoms with E-state index in [-0.39, 0.29) is 0 Å². The summed E-state index contributed by atoms with van der Waals surface area (Å²) in [6.45, 7) is -2.38. The van der Waals surface area contributed by atoms with E-state index in [1.165, 1.54) is 0 Å². The van der Waals surface area contributed by atoms with Crippen LogP contribution in [0, 0.1) is 0 Å². The number of hydrogen-bond donors (Lipinski definition) is 0. The van der Waals surface area contributed by atoms with Gasteiger partial charge in [-0.3, -0.25) is 0 Å². The Morgan fingerprint density at radius 2 is 1.06 bits per heavy atom. The first kappa shape index (κ1) is 16.3. The van der Waals surface area contributed by atoms with Gasteiger partial charge in [0, 0.05) is 0 Å². The van der Waals surface area contributed by atoms with Gasteiger partial charge >= 0.3 is 18.5 Å². The van der Waals surface area contributed by atoms with Crippen LogP contribution in [0.15, 0.2) is 0 Å². The Morgan fingerprint density at radius 3 is 1.29 bits per heavy atom. The van der Waals surface area contributed by atoms with Crippen LogP contribution >= 0.6 is 0 Å². The van der Waals surface area contributed by atoms with Crippen molar-refractivity contribution in [3.05, 3.63) is 0 Å². The second-order valence-electron chi connectivity index (χ2n) is 2.81. The predicted octanol–water partition coefficient (Wildman–Crippen LogP) is 3.40. The fraction of sp³-hybridized carbons (Fsp3) is 1.00. The first-order valence-corrected chi connectivity index (χ1v) is 3.72. The Labute approximate surface area is 87.3 Å². The van der Waals surface area contributed by atoms with Gasteiger partial charge in [-0.25, -0.2) is 4.39 Å². The average Bonchev–Trinajstić information content (AvgIpc) is 1.96. The normalized spacial score (nSPS) is 16.4. The Kier molecular flexibility index (Phi) is 4.65. The Hall–Kier alpha value is -0.740. The van der Waals surface area contributed by atoms with Crippen molar-refractivity contribution < 1.29 is 48.6 Å². The van der Waals surface area contributed by atoms with Gasteiger partial charge in [0.2, 0.25) is 12.3 Å². The van der Waals surface area contributed by atoms with Gasteiger partial charge in [0.15, 0.2) is 0 Å². The van der Waals surface area contributed by atoms with Crippen molar-refractivity contribution in [1.82, 2.24) is 0 Å². The maximum atomic E-state index is 12.1. The lowest BCUT2D eigenvalue weighted by Gasteiger charge is -2.24. The molecule has 17 heavy (non-hydrogen) atoms. The summed E-state index contributed by atoms with van der Waals surface area (Å²) in [5.74, 6) is 0. The molecule has 0 aliphatic carbocycles. The second-order valence-corrected chi connectivity index (χ2v) is 2.81. The van der Waals surface area contributed by atoms with Gasteiger partial charge in [0.25, 0.3) is 0 Å². The molecular formula is C6H4F10O. The standard InChI is InChI=1S/C6H4F10O/c7-2(4(8,9)10)1-17-3(5(11,12)13)6(14,15)16/h2-3H,1H2. The molecule has 0 aromatic carbocycles. The highest BCUT2D eigenvalue weighted by Crippen LogP contribution is 2.36. The van der Waals surface area contributed by atoms with Crippen LogP contribution in [0.25, 0.3) is 0 Å². The highest BCUT2D eigenvalue weighted by Gasteiger charge is 2.58. The molecule has 1 unspecified atom stereocenters. The van der Waals surface area contributed by atoms with Crippen molar-refractivity contribution >= 4 is 0 Å². The van der Waals surface area contributed by atoms with E-state index >= 15 is 0 Å². The largest absolute Gasteiger partial charge is 0.423 e. The molecule has 0 saturated carbocycles. The third-order valence-corrected chi connectivity index (χ3v) is 1.36. The van der Waals surface area contributed by atoms with Gasteiger partial charge in [0.1, 0.15) is 0 Å². The zero-order valence-corrected chi connectivity index (χ0v) is 7.55. The van der Waals surface area contributed by atoms with E-state index in [4.69, 9.17) is 0 Å². The molecule has 104 valence electrons. The molecule has 1 atom stereocenters. The quantitative estimate of drug-likeness (QED) is 0.721. The minimum absolute atomic E-state index is 2.38. The Morgan fingerprint density at radius 1 is 0.706 bits per heavy atom. The maximum absolute atomic E-state index is 12.1. The highest BCUT2D eigenvalue weighted by atomic mass is 19.4. The number of rotatable bonds is 3. The lowest BCUT2D eigenvalue weighted by atomic mass is 10.3. The van der Waals surface area contributed by atoms with Crippen LogP contribution in [0.5, 0.6) is 0 Å². The summed E-state index contributed by atoms with van der Waals surface area (Å²) in [6.07, 6.45) is -25.9. The second kappa shape index (κ2) is 4.86. The monoisotopic (exact) mass is 282 g/mol. The number of hydrogen-bond acceptors (Lipinski definition) is 1. The van der Waals surface area contributed by atoms with E-state index < -0.39 is 37.4 Å². The highest BCUT2D eigenvalue weighted by molar-refractivity contribution is 4.77. The Bertz CT molecular complexity index is 223. The first-order valence-electron chi connectivity index (χ1n) is 3.72. The van der Waals surface area contributed by atoms with E-state index in [1.54, 1.807) is 0 Å². The molecule has 0 bridgehead atoms. The van der Waals surface area contributed by atoms with Crippen LogP contribution in [0.1, 0.15) is 0 Å². The molecular weight excluding hydrogens is 278 g/mol. The molecule has 0 rings (SSSR count). The number of halogens is 10. The molecule has 0 saturated heterocycles. The zero-order chi connectivity index (χ0) is 14.1. The van der Waals surface area contributed by atoms with Crippen LogP contribution < -0.4 is 0 Å². The van der Waals surface area contributed by atoms with Gasteiger partial charge in [-0.15, -0.1) is 0 Å². The molecule has 0 N–H and O–H groups in total. The molecule has 0 amide bonds. The topological polar surface area (TPSA) is 9.23 Å². The van der Waals surface area contributed by atoms with Gasteiger partial charge in [-0.05, 0) is 0 Å². The lowest BCUT2D eigenvalue weighted by Crippen LogP contribution is -2.46. The minimum atomic E-state index is -5.97. The Balaban J connectivity index is 4.61. The molecule has 0 spiro atoms. The first-order chi connectivity index (χ1) is 7.26. The summed E-state index contributed by atoms with van der Waals surface area (Å²) in [4.78, 5) is 0. The third kappa shape index (κ3) is 5.41. The van der Waals surface area contributed by atoms with Crippen LogP contribution in [-0.4, -0.2) is 37.4 Å². The van der Waals surface area contributed by atoms with E-state index in [0.29, 0.717) is 0 Å².